The highest BCUT2D eigenvalue weighted by Crippen LogP contribution is 2.18. The van der Waals surface area contributed by atoms with Crippen LogP contribution in [-0.4, -0.2) is 5.91 Å². The molecule has 88 valence electrons. The molecule has 0 aliphatic rings. The minimum Gasteiger partial charge on any atom is -0.352 e. The van der Waals surface area contributed by atoms with Gasteiger partial charge in [-0.05, 0) is 34.9 Å². The van der Waals surface area contributed by atoms with E-state index in [1.54, 1.807) is 11.3 Å². The number of hydrogen-bond donors (Lipinski definition) is 1. The molecule has 0 saturated heterocycles. The van der Waals surface area contributed by atoms with Gasteiger partial charge in [0.05, 0.1) is 5.92 Å². The predicted octanol–water partition coefficient (Wildman–Crippen LogP) is 3.17. The average molecular weight is 245 g/mol. The minimum absolute atomic E-state index is 0.0762. The van der Waals surface area contributed by atoms with Gasteiger partial charge in [-0.1, -0.05) is 30.3 Å². The van der Waals surface area contributed by atoms with Crippen molar-refractivity contribution in [1.82, 2.24) is 5.32 Å². The molecule has 1 atom stereocenters. The molecular weight excluding hydrogens is 230 g/mol. The molecule has 3 heteroatoms. The third-order valence-electron chi connectivity index (χ3n) is 2.75. The standard InChI is InChI=1S/C14H15NOS/c1-11(13-7-8-17-10-13)14(16)15-9-12-5-3-2-4-6-12/h2-8,10-11H,9H2,1H3,(H,15,16). The van der Waals surface area contributed by atoms with Crippen LogP contribution in [0.15, 0.2) is 47.2 Å². The Morgan fingerprint density at radius 1 is 1.29 bits per heavy atom. The number of nitrogens with one attached hydrogen (secondary N) is 1. The van der Waals surface area contributed by atoms with E-state index in [4.69, 9.17) is 0 Å². The van der Waals surface area contributed by atoms with Gasteiger partial charge in [0.1, 0.15) is 0 Å². The molecule has 2 rings (SSSR count). The molecule has 0 fully saturated rings. The largest absolute Gasteiger partial charge is 0.352 e. The van der Waals surface area contributed by atoms with Crippen LogP contribution in [0.25, 0.3) is 0 Å². The molecule has 0 spiro atoms. The summed E-state index contributed by atoms with van der Waals surface area (Å²) in [5, 5.41) is 6.97. The van der Waals surface area contributed by atoms with Crippen molar-refractivity contribution in [3.05, 3.63) is 58.3 Å². The maximum atomic E-state index is 11.9. The molecule has 1 aromatic heterocycles. The highest BCUT2D eigenvalue weighted by Gasteiger charge is 2.14. The first kappa shape index (κ1) is 11.9. The van der Waals surface area contributed by atoms with E-state index in [1.165, 1.54) is 0 Å². The van der Waals surface area contributed by atoms with E-state index >= 15 is 0 Å². The Kier molecular flexibility index (Phi) is 3.94. The van der Waals surface area contributed by atoms with Gasteiger partial charge in [-0.25, -0.2) is 0 Å². The molecule has 0 saturated carbocycles. The molecule has 1 amide bonds. The van der Waals surface area contributed by atoms with Crippen LogP contribution in [0, 0.1) is 0 Å². The molecule has 2 nitrogen and oxygen atoms in total. The van der Waals surface area contributed by atoms with E-state index in [2.05, 4.69) is 5.32 Å². The van der Waals surface area contributed by atoms with Gasteiger partial charge in [0.25, 0.3) is 0 Å². The Morgan fingerprint density at radius 2 is 2.06 bits per heavy atom. The quantitative estimate of drug-likeness (QED) is 0.880. The summed E-state index contributed by atoms with van der Waals surface area (Å²) in [6, 6.07) is 11.9. The van der Waals surface area contributed by atoms with Crippen LogP contribution in [0.1, 0.15) is 24.0 Å². The summed E-state index contributed by atoms with van der Waals surface area (Å²) in [6.07, 6.45) is 0. The Labute approximate surface area is 105 Å². The lowest BCUT2D eigenvalue weighted by atomic mass is 10.0. The van der Waals surface area contributed by atoms with Crippen molar-refractivity contribution >= 4 is 17.2 Å². The summed E-state index contributed by atoms with van der Waals surface area (Å²) in [7, 11) is 0. The molecule has 0 aliphatic heterocycles. The first-order chi connectivity index (χ1) is 8.27. The Morgan fingerprint density at radius 3 is 2.71 bits per heavy atom. The second kappa shape index (κ2) is 5.64. The van der Waals surface area contributed by atoms with Gasteiger partial charge in [-0.3, -0.25) is 4.79 Å². The summed E-state index contributed by atoms with van der Waals surface area (Å²) in [6.45, 7) is 2.52. The number of amides is 1. The highest BCUT2D eigenvalue weighted by molar-refractivity contribution is 7.08. The van der Waals surface area contributed by atoms with E-state index in [9.17, 15) is 4.79 Å². The van der Waals surface area contributed by atoms with Gasteiger partial charge in [0.15, 0.2) is 0 Å². The summed E-state index contributed by atoms with van der Waals surface area (Å²) < 4.78 is 0. The molecule has 1 heterocycles. The van der Waals surface area contributed by atoms with E-state index in [-0.39, 0.29) is 11.8 Å². The van der Waals surface area contributed by atoms with Gasteiger partial charge in [0.2, 0.25) is 5.91 Å². The molecule has 1 unspecified atom stereocenters. The van der Waals surface area contributed by atoms with Crippen LogP contribution in [-0.2, 0) is 11.3 Å². The first-order valence-corrected chi connectivity index (χ1v) is 6.55. The summed E-state index contributed by atoms with van der Waals surface area (Å²) in [4.78, 5) is 11.9. The van der Waals surface area contributed by atoms with Gasteiger partial charge >= 0.3 is 0 Å². The molecular formula is C14H15NOS. The van der Waals surface area contributed by atoms with Gasteiger partial charge in [-0.2, -0.15) is 11.3 Å². The lowest BCUT2D eigenvalue weighted by Crippen LogP contribution is -2.27. The molecule has 17 heavy (non-hydrogen) atoms. The van der Waals surface area contributed by atoms with E-state index in [1.807, 2.05) is 54.1 Å². The number of thiophene rings is 1. The molecule has 0 aliphatic carbocycles. The van der Waals surface area contributed by atoms with Crippen LogP contribution < -0.4 is 5.32 Å². The van der Waals surface area contributed by atoms with Crippen LogP contribution in [0.5, 0.6) is 0 Å². The second-order valence-corrected chi connectivity index (χ2v) is 4.76. The third-order valence-corrected chi connectivity index (χ3v) is 3.45. The fourth-order valence-electron chi connectivity index (χ4n) is 1.61. The number of hydrogen-bond acceptors (Lipinski definition) is 2. The molecule has 1 N–H and O–H groups in total. The Hall–Kier alpha value is -1.61. The smallest absolute Gasteiger partial charge is 0.227 e. The maximum Gasteiger partial charge on any atom is 0.227 e. The van der Waals surface area contributed by atoms with Crippen molar-refractivity contribution in [2.24, 2.45) is 0 Å². The van der Waals surface area contributed by atoms with E-state index in [0.717, 1.165) is 11.1 Å². The maximum absolute atomic E-state index is 11.9. The number of rotatable bonds is 4. The molecule has 2 aromatic rings. The van der Waals surface area contributed by atoms with Gasteiger partial charge < -0.3 is 5.32 Å². The van der Waals surface area contributed by atoms with Crippen molar-refractivity contribution < 1.29 is 4.79 Å². The fourth-order valence-corrected chi connectivity index (χ4v) is 2.36. The lowest BCUT2D eigenvalue weighted by Gasteiger charge is -2.10. The minimum atomic E-state index is -0.0787. The first-order valence-electron chi connectivity index (χ1n) is 5.61. The summed E-state index contributed by atoms with van der Waals surface area (Å²) >= 11 is 1.62. The Balaban J connectivity index is 1.90. The molecule has 0 radical (unpaired) electrons. The van der Waals surface area contributed by atoms with Crippen LogP contribution >= 0.6 is 11.3 Å². The Bertz CT molecular complexity index is 464. The van der Waals surface area contributed by atoms with E-state index in [0.29, 0.717) is 6.54 Å². The van der Waals surface area contributed by atoms with Gasteiger partial charge in [-0.15, -0.1) is 0 Å². The zero-order chi connectivity index (χ0) is 12.1. The zero-order valence-electron chi connectivity index (χ0n) is 9.72. The SMILES string of the molecule is CC(C(=O)NCc1ccccc1)c1ccsc1. The van der Waals surface area contributed by atoms with Crippen molar-refractivity contribution in [3.8, 4) is 0 Å². The van der Waals surface area contributed by atoms with Crippen LogP contribution in [0.4, 0.5) is 0 Å². The monoisotopic (exact) mass is 245 g/mol. The van der Waals surface area contributed by atoms with Crippen LogP contribution in [0.3, 0.4) is 0 Å². The number of carbonyl (C=O) groups is 1. The van der Waals surface area contributed by atoms with Crippen molar-refractivity contribution in [1.29, 1.82) is 0 Å². The summed E-state index contributed by atoms with van der Waals surface area (Å²) in [5.41, 5.74) is 2.21. The summed E-state index contributed by atoms with van der Waals surface area (Å²) in [5.74, 6) is -0.00258. The zero-order valence-corrected chi connectivity index (χ0v) is 10.5. The third kappa shape index (κ3) is 3.17. The topological polar surface area (TPSA) is 29.1 Å². The number of benzene rings is 1. The van der Waals surface area contributed by atoms with Crippen molar-refractivity contribution in [3.63, 3.8) is 0 Å². The highest BCUT2D eigenvalue weighted by atomic mass is 32.1. The average Bonchev–Trinajstić information content (AvgIpc) is 2.90. The number of carbonyl (C=O) groups excluding carboxylic acids is 1. The molecule has 0 bridgehead atoms. The lowest BCUT2D eigenvalue weighted by molar-refractivity contribution is -0.122. The van der Waals surface area contributed by atoms with Crippen LogP contribution in [0.2, 0.25) is 0 Å². The van der Waals surface area contributed by atoms with Gasteiger partial charge in [0, 0.05) is 6.54 Å². The normalized spacial score (nSPS) is 12.1. The fraction of sp³-hybridized carbons (Fsp3) is 0.214. The van der Waals surface area contributed by atoms with Crippen molar-refractivity contribution in [2.45, 2.75) is 19.4 Å². The van der Waals surface area contributed by atoms with Crippen molar-refractivity contribution in [2.75, 3.05) is 0 Å². The second-order valence-electron chi connectivity index (χ2n) is 3.98. The molecule has 1 aromatic carbocycles. The van der Waals surface area contributed by atoms with E-state index < -0.39 is 0 Å². The predicted molar refractivity (Wildman–Crippen MR) is 71.0 cm³/mol.